The molecule has 1 amide bonds. The van der Waals surface area contributed by atoms with Crippen molar-refractivity contribution in [2.75, 3.05) is 38.2 Å². The Bertz CT molecular complexity index is 491. The molecule has 1 aliphatic rings. The smallest absolute Gasteiger partial charge is 0.241 e. The summed E-state index contributed by atoms with van der Waals surface area (Å²) in [5.74, 6) is -0.0175. The second kappa shape index (κ2) is 6.91. The molecule has 21 heavy (non-hydrogen) atoms. The molecule has 1 saturated heterocycles. The summed E-state index contributed by atoms with van der Waals surface area (Å²) in [4.78, 5) is 16.8. The van der Waals surface area contributed by atoms with Gasteiger partial charge in [-0.2, -0.15) is 0 Å². The first-order valence-corrected chi connectivity index (χ1v) is 7.55. The van der Waals surface area contributed by atoms with E-state index in [2.05, 4.69) is 22.2 Å². The summed E-state index contributed by atoms with van der Waals surface area (Å²) in [6, 6.07) is 7.71. The minimum absolute atomic E-state index is 0.0175. The Labute approximate surface area is 127 Å². The second-order valence-electron chi connectivity index (χ2n) is 5.97. The third kappa shape index (κ3) is 3.95. The minimum atomic E-state index is -0.182. The predicted octanol–water partition coefficient (Wildman–Crippen LogP) is 1.62. The molecule has 2 rings (SSSR count). The van der Waals surface area contributed by atoms with Crippen LogP contribution in [0.25, 0.3) is 0 Å². The van der Waals surface area contributed by atoms with Gasteiger partial charge in [0.05, 0.1) is 17.4 Å². The maximum atomic E-state index is 12.3. The SMILES string of the molecule is CC(C(=O)Nc1ccccc1N)N(C)CC1CCCN1C. The van der Waals surface area contributed by atoms with Crippen molar-refractivity contribution in [1.29, 1.82) is 0 Å². The molecular formula is C16H26N4O. The zero-order valence-electron chi connectivity index (χ0n) is 13.2. The fourth-order valence-corrected chi connectivity index (χ4v) is 2.75. The van der Waals surface area contributed by atoms with Crippen LogP contribution in [0.2, 0.25) is 0 Å². The molecule has 0 spiro atoms. The van der Waals surface area contributed by atoms with Gasteiger partial charge < -0.3 is 16.0 Å². The van der Waals surface area contributed by atoms with E-state index in [-0.39, 0.29) is 11.9 Å². The van der Waals surface area contributed by atoms with Crippen molar-refractivity contribution in [3.05, 3.63) is 24.3 Å². The summed E-state index contributed by atoms with van der Waals surface area (Å²) in [5.41, 5.74) is 7.14. The number of nitrogens with one attached hydrogen (secondary N) is 1. The van der Waals surface area contributed by atoms with Crippen molar-refractivity contribution in [1.82, 2.24) is 9.80 Å². The fourth-order valence-electron chi connectivity index (χ4n) is 2.75. The van der Waals surface area contributed by atoms with Crippen LogP contribution in [0.5, 0.6) is 0 Å². The molecule has 5 nitrogen and oxygen atoms in total. The number of carbonyl (C=O) groups excluding carboxylic acids is 1. The normalized spacial score (nSPS) is 20.7. The Morgan fingerprint density at radius 3 is 2.86 bits per heavy atom. The summed E-state index contributed by atoms with van der Waals surface area (Å²) in [7, 11) is 4.16. The van der Waals surface area contributed by atoms with Crippen molar-refractivity contribution in [3.8, 4) is 0 Å². The number of hydrogen-bond acceptors (Lipinski definition) is 4. The van der Waals surface area contributed by atoms with Gasteiger partial charge in [0.1, 0.15) is 0 Å². The van der Waals surface area contributed by atoms with Crippen LogP contribution >= 0.6 is 0 Å². The van der Waals surface area contributed by atoms with Gasteiger partial charge in [-0.1, -0.05) is 12.1 Å². The van der Waals surface area contributed by atoms with Gasteiger partial charge in [-0.3, -0.25) is 9.69 Å². The average molecular weight is 290 g/mol. The number of carbonyl (C=O) groups is 1. The summed E-state index contributed by atoms with van der Waals surface area (Å²) >= 11 is 0. The maximum Gasteiger partial charge on any atom is 0.241 e. The molecular weight excluding hydrogens is 264 g/mol. The maximum absolute atomic E-state index is 12.3. The van der Waals surface area contributed by atoms with E-state index in [0.29, 0.717) is 17.4 Å². The van der Waals surface area contributed by atoms with Crippen molar-refractivity contribution in [2.24, 2.45) is 0 Å². The van der Waals surface area contributed by atoms with Crippen LogP contribution < -0.4 is 11.1 Å². The Balaban J connectivity index is 1.91. The number of para-hydroxylation sites is 2. The Morgan fingerprint density at radius 2 is 2.24 bits per heavy atom. The Morgan fingerprint density at radius 1 is 1.52 bits per heavy atom. The van der Waals surface area contributed by atoms with Gasteiger partial charge in [0.2, 0.25) is 5.91 Å². The largest absolute Gasteiger partial charge is 0.397 e. The number of nitrogen functional groups attached to an aromatic ring is 1. The van der Waals surface area contributed by atoms with Gasteiger partial charge in [-0.25, -0.2) is 0 Å². The van der Waals surface area contributed by atoms with E-state index in [1.807, 2.05) is 32.2 Å². The molecule has 1 aliphatic heterocycles. The predicted molar refractivity (Wildman–Crippen MR) is 87.2 cm³/mol. The van der Waals surface area contributed by atoms with E-state index in [1.165, 1.54) is 12.8 Å². The highest BCUT2D eigenvalue weighted by Gasteiger charge is 2.26. The van der Waals surface area contributed by atoms with Crippen LogP contribution in [0.15, 0.2) is 24.3 Å². The number of likely N-dealkylation sites (tertiary alicyclic amines) is 1. The molecule has 5 heteroatoms. The van der Waals surface area contributed by atoms with Crippen molar-refractivity contribution in [2.45, 2.75) is 31.8 Å². The highest BCUT2D eigenvalue weighted by atomic mass is 16.2. The van der Waals surface area contributed by atoms with Crippen LogP contribution in [0.3, 0.4) is 0 Å². The van der Waals surface area contributed by atoms with Gasteiger partial charge >= 0.3 is 0 Å². The van der Waals surface area contributed by atoms with Crippen molar-refractivity contribution < 1.29 is 4.79 Å². The second-order valence-corrected chi connectivity index (χ2v) is 5.97. The van der Waals surface area contributed by atoms with Gasteiger partial charge in [-0.05, 0) is 52.5 Å². The first-order chi connectivity index (χ1) is 9.99. The van der Waals surface area contributed by atoms with Crippen LogP contribution in [0, 0.1) is 0 Å². The number of likely N-dealkylation sites (N-methyl/N-ethyl adjacent to an activating group) is 2. The van der Waals surface area contributed by atoms with Crippen LogP contribution in [-0.4, -0.2) is 55.0 Å². The van der Waals surface area contributed by atoms with E-state index in [1.54, 1.807) is 6.07 Å². The first kappa shape index (κ1) is 15.8. The molecule has 0 bridgehead atoms. The molecule has 1 aromatic rings. The van der Waals surface area contributed by atoms with Crippen LogP contribution in [-0.2, 0) is 4.79 Å². The number of benzene rings is 1. The first-order valence-electron chi connectivity index (χ1n) is 7.55. The highest BCUT2D eigenvalue weighted by Crippen LogP contribution is 2.19. The van der Waals surface area contributed by atoms with E-state index in [4.69, 9.17) is 5.73 Å². The van der Waals surface area contributed by atoms with Gasteiger partial charge in [-0.15, -0.1) is 0 Å². The number of nitrogens with two attached hydrogens (primary N) is 1. The van der Waals surface area contributed by atoms with Crippen molar-refractivity contribution >= 4 is 17.3 Å². The lowest BCUT2D eigenvalue weighted by atomic mass is 10.1. The average Bonchev–Trinajstić information content (AvgIpc) is 2.86. The monoisotopic (exact) mass is 290 g/mol. The molecule has 116 valence electrons. The number of rotatable bonds is 5. The van der Waals surface area contributed by atoms with E-state index in [0.717, 1.165) is 13.1 Å². The van der Waals surface area contributed by atoms with E-state index >= 15 is 0 Å². The highest BCUT2D eigenvalue weighted by molar-refractivity contribution is 5.96. The quantitative estimate of drug-likeness (QED) is 0.809. The summed E-state index contributed by atoms with van der Waals surface area (Å²) in [5, 5.41) is 2.91. The van der Waals surface area contributed by atoms with E-state index < -0.39 is 0 Å². The summed E-state index contributed by atoms with van der Waals surface area (Å²) < 4.78 is 0. The number of hydrogen-bond donors (Lipinski definition) is 2. The van der Waals surface area contributed by atoms with Crippen LogP contribution in [0.1, 0.15) is 19.8 Å². The molecule has 2 unspecified atom stereocenters. The third-order valence-corrected chi connectivity index (χ3v) is 4.43. The van der Waals surface area contributed by atoms with E-state index in [9.17, 15) is 4.79 Å². The van der Waals surface area contributed by atoms with Gasteiger partial charge in [0.25, 0.3) is 0 Å². The van der Waals surface area contributed by atoms with Crippen molar-refractivity contribution in [3.63, 3.8) is 0 Å². The minimum Gasteiger partial charge on any atom is -0.397 e. The summed E-state index contributed by atoms with van der Waals surface area (Å²) in [6.45, 7) is 4.00. The zero-order chi connectivity index (χ0) is 15.4. The standard InChI is InChI=1S/C16H26N4O/c1-12(20(3)11-13-7-6-10-19(13)2)16(21)18-15-9-5-4-8-14(15)17/h4-5,8-9,12-13H,6-7,10-11,17H2,1-3H3,(H,18,21). The topological polar surface area (TPSA) is 61.6 Å². The third-order valence-electron chi connectivity index (χ3n) is 4.43. The number of anilines is 2. The fraction of sp³-hybridized carbons (Fsp3) is 0.562. The molecule has 3 N–H and O–H groups in total. The molecule has 1 fully saturated rings. The lowest BCUT2D eigenvalue weighted by molar-refractivity contribution is -0.120. The molecule has 1 heterocycles. The Kier molecular flexibility index (Phi) is 5.20. The molecule has 0 saturated carbocycles. The number of nitrogens with zero attached hydrogens (tertiary/aromatic N) is 2. The molecule has 1 aromatic carbocycles. The Hall–Kier alpha value is -1.59. The summed E-state index contributed by atoms with van der Waals surface area (Å²) in [6.07, 6.45) is 2.46. The molecule has 2 atom stereocenters. The zero-order valence-corrected chi connectivity index (χ0v) is 13.2. The van der Waals surface area contributed by atoms with Crippen LogP contribution in [0.4, 0.5) is 11.4 Å². The molecule has 0 aliphatic carbocycles. The number of amides is 1. The van der Waals surface area contributed by atoms with Gasteiger partial charge in [0, 0.05) is 12.6 Å². The lowest BCUT2D eigenvalue weighted by Gasteiger charge is -2.29. The molecule has 0 aromatic heterocycles. The molecule has 0 radical (unpaired) electrons. The lowest BCUT2D eigenvalue weighted by Crippen LogP contribution is -2.45. The van der Waals surface area contributed by atoms with Gasteiger partial charge in [0.15, 0.2) is 0 Å².